The Balaban J connectivity index is 0.000000505. The van der Waals surface area contributed by atoms with Gasteiger partial charge in [0, 0.05) is 21.0 Å². The second-order valence-electron chi connectivity index (χ2n) is 5.08. The maximum Gasteiger partial charge on any atom is 0.261 e. The Hall–Kier alpha value is -0.820. The minimum absolute atomic E-state index is 0.00786. The predicted molar refractivity (Wildman–Crippen MR) is 98.9 cm³/mol. The molecule has 0 aliphatic rings. The summed E-state index contributed by atoms with van der Waals surface area (Å²) in [6.45, 7) is -0.00786. The molecule has 8 heteroatoms. The molecule has 1 unspecified atom stereocenters. The second-order valence-corrected chi connectivity index (χ2v) is 7.80. The molecule has 0 amide bonds. The molecule has 1 atom stereocenters. The van der Waals surface area contributed by atoms with Crippen molar-refractivity contribution < 1.29 is 18.1 Å². The molecular weight excluding hydrogens is 395 g/mol. The number of halogens is 3. The lowest BCUT2D eigenvalue weighted by Gasteiger charge is -2.17. The van der Waals surface area contributed by atoms with Crippen molar-refractivity contribution in [3.05, 3.63) is 68.7 Å². The molecule has 0 fully saturated rings. The Bertz CT molecular complexity index is 733. The standard InChI is InChI=1S/C15H13Cl3O.CH4O3S/c16-12-6-4-10(5-7-12)8-11(9-19)15-13(17)2-1-3-14(15)18;1-5(2,3)4/h1-7,11,19H,8-9H2;1H3,(H,2,3,4). The lowest BCUT2D eigenvalue weighted by molar-refractivity contribution is 0.264. The van der Waals surface area contributed by atoms with E-state index < -0.39 is 10.1 Å². The highest BCUT2D eigenvalue weighted by molar-refractivity contribution is 7.85. The predicted octanol–water partition coefficient (Wildman–Crippen LogP) is 4.47. The van der Waals surface area contributed by atoms with Gasteiger partial charge in [0.1, 0.15) is 0 Å². The number of hydrogen-bond donors (Lipinski definition) is 2. The zero-order valence-corrected chi connectivity index (χ0v) is 15.9. The molecule has 0 radical (unpaired) electrons. The van der Waals surface area contributed by atoms with E-state index in [9.17, 15) is 13.5 Å². The summed E-state index contributed by atoms with van der Waals surface area (Å²) in [5.41, 5.74) is 1.88. The molecule has 0 spiro atoms. The van der Waals surface area contributed by atoms with E-state index in [1.807, 2.05) is 24.3 Å². The molecule has 0 heterocycles. The van der Waals surface area contributed by atoms with Crippen LogP contribution in [-0.4, -0.2) is 30.9 Å². The SMILES string of the molecule is CS(=O)(=O)O.OCC(Cc1ccc(Cl)cc1)c1c(Cl)cccc1Cl. The summed E-state index contributed by atoms with van der Waals surface area (Å²) in [4.78, 5) is 0. The summed E-state index contributed by atoms with van der Waals surface area (Å²) in [6, 6.07) is 12.9. The van der Waals surface area contributed by atoms with Gasteiger partial charge in [0.2, 0.25) is 0 Å². The van der Waals surface area contributed by atoms with Crippen LogP contribution in [0.15, 0.2) is 42.5 Å². The normalized spacial score (nSPS) is 12.2. The first-order valence-electron chi connectivity index (χ1n) is 6.83. The van der Waals surface area contributed by atoms with Gasteiger partial charge in [-0.15, -0.1) is 0 Å². The van der Waals surface area contributed by atoms with Crippen LogP contribution in [0.5, 0.6) is 0 Å². The van der Waals surface area contributed by atoms with Gasteiger partial charge in [0.05, 0.1) is 12.9 Å². The summed E-state index contributed by atoms with van der Waals surface area (Å²) in [5.74, 6) is -0.123. The maximum atomic E-state index is 9.60. The van der Waals surface area contributed by atoms with Gasteiger partial charge in [-0.3, -0.25) is 4.55 Å². The molecule has 2 rings (SSSR count). The average molecular weight is 412 g/mol. The molecule has 0 saturated carbocycles. The zero-order chi connectivity index (χ0) is 18.3. The largest absolute Gasteiger partial charge is 0.396 e. The first-order chi connectivity index (χ1) is 11.1. The summed E-state index contributed by atoms with van der Waals surface area (Å²) in [5, 5.41) is 11.5. The van der Waals surface area contributed by atoms with Crippen molar-refractivity contribution in [3.8, 4) is 0 Å². The molecule has 0 aliphatic heterocycles. The van der Waals surface area contributed by atoms with Crippen molar-refractivity contribution in [1.29, 1.82) is 0 Å². The summed E-state index contributed by atoms with van der Waals surface area (Å²) in [6.07, 6.45) is 1.38. The third-order valence-corrected chi connectivity index (χ3v) is 3.93. The molecule has 2 aromatic rings. The van der Waals surface area contributed by atoms with E-state index in [2.05, 4.69) is 0 Å². The fourth-order valence-electron chi connectivity index (χ4n) is 2.06. The van der Waals surface area contributed by atoms with Crippen molar-refractivity contribution >= 4 is 44.9 Å². The molecule has 132 valence electrons. The minimum Gasteiger partial charge on any atom is -0.396 e. The van der Waals surface area contributed by atoms with Crippen LogP contribution in [0.3, 0.4) is 0 Å². The molecule has 0 aliphatic carbocycles. The highest BCUT2D eigenvalue weighted by Crippen LogP contribution is 2.33. The topological polar surface area (TPSA) is 74.6 Å². The smallest absolute Gasteiger partial charge is 0.261 e. The second kappa shape index (κ2) is 9.61. The Morgan fingerprint density at radius 3 is 1.88 bits per heavy atom. The number of benzene rings is 2. The number of aliphatic hydroxyl groups is 1. The van der Waals surface area contributed by atoms with E-state index in [0.717, 1.165) is 11.1 Å². The zero-order valence-electron chi connectivity index (χ0n) is 12.8. The minimum atomic E-state index is -3.67. The molecule has 24 heavy (non-hydrogen) atoms. The number of hydrogen-bond acceptors (Lipinski definition) is 3. The highest BCUT2D eigenvalue weighted by atomic mass is 35.5. The quantitative estimate of drug-likeness (QED) is 0.728. The van der Waals surface area contributed by atoms with Crippen molar-refractivity contribution in [2.24, 2.45) is 0 Å². The Labute approximate surface area is 156 Å². The van der Waals surface area contributed by atoms with E-state index in [1.165, 1.54) is 0 Å². The summed E-state index contributed by atoms with van der Waals surface area (Å²) in [7, 11) is -3.67. The van der Waals surface area contributed by atoms with E-state index in [-0.39, 0.29) is 12.5 Å². The molecule has 0 bridgehead atoms. The molecule has 0 saturated heterocycles. The highest BCUT2D eigenvalue weighted by Gasteiger charge is 2.17. The third-order valence-electron chi connectivity index (χ3n) is 3.02. The fourth-order valence-corrected chi connectivity index (χ4v) is 2.90. The van der Waals surface area contributed by atoms with Gasteiger partial charge in [-0.2, -0.15) is 8.42 Å². The first kappa shape index (κ1) is 21.2. The van der Waals surface area contributed by atoms with Crippen LogP contribution in [0.1, 0.15) is 17.0 Å². The molecule has 0 aromatic heterocycles. The summed E-state index contributed by atoms with van der Waals surface area (Å²) >= 11 is 18.2. The van der Waals surface area contributed by atoms with Crippen LogP contribution in [0.25, 0.3) is 0 Å². The van der Waals surface area contributed by atoms with Crippen LogP contribution in [0.4, 0.5) is 0 Å². The molecule has 2 aromatic carbocycles. The fraction of sp³-hybridized carbons (Fsp3) is 0.250. The van der Waals surface area contributed by atoms with Crippen LogP contribution < -0.4 is 0 Å². The lowest BCUT2D eigenvalue weighted by atomic mass is 9.92. The van der Waals surface area contributed by atoms with Gasteiger partial charge in [-0.1, -0.05) is 53.0 Å². The maximum absolute atomic E-state index is 9.60. The van der Waals surface area contributed by atoms with Crippen molar-refractivity contribution in [3.63, 3.8) is 0 Å². The van der Waals surface area contributed by atoms with Crippen LogP contribution in [0.2, 0.25) is 15.1 Å². The van der Waals surface area contributed by atoms with Gasteiger partial charge in [0.15, 0.2) is 0 Å². The molecule has 4 nitrogen and oxygen atoms in total. The van der Waals surface area contributed by atoms with Crippen molar-refractivity contribution in [1.82, 2.24) is 0 Å². The van der Waals surface area contributed by atoms with Gasteiger partial charge < -0.3 is 5.11 Å². The van der Waals surface area contributed by atoms with Gasteiger partial charge >= 0.3 is 0 Å². The van der Waals surface area contributed by atoms with Gasteiger partial charge in [0.25, 0.3) is 10.1 Å². The van der Waals surface area contributed by atoms with Gasteiger partial charge in [-0.25, -0.2) is 0 Å². The van der Waals surface area contributed by atoms with Crippen LogP contribution in [0, 0.1) is 0 Å². The average Bonchev–Trinajstić information content (AvgIpc) is 2.46. The Morgan fingerprint density at radius 1 is 1.00 bits per heavy atom. The Morgan fingerprint density at radius 2 is 1.46 bits per heavy atom. The monoisotopic (exact) mass is 410 g/mol. The summed E-state index contributed by atoms with van der Waals surface area (Å²) < 4.78 is 25.9. The van der Waals surface area contributed by atoms with E-state index in [1.54, 1.807) is 18.2 Å². The third kappa shape index (κ3) is 7.83. The van der Waals surface area contributed by atoms with E-state index in [0.29, 0.717) is 27.7 Å². The molecular formula is C16H17Cl3O4S. The first-order valence-corrected chi connectivity index (χ1v) is 9.81. The van der Waals surface area contributed by atoms with E-state index in [4.69, 9.17) is 39.4 Å². The van der Waals surface area contributed by atoms with Crippen molar-refractivity contribution in [2.75, 3.05) is 12.9 Å². The molecule has 2 N–H and O–H groups in total. The van der Waals surface area contributed by atoms with Crippen LogP contribution in [-0.2, 0) is 16.5 Å². The van der Waals surface area contributed by atoms with Gasteiger partial charge in [-0.05, 0) is 41.8 Å². The Kier molecular flexibility index (Phi) is 8.50. The lowest BCUT2D eigenvalue weighted by Crippen LogP contribution is -2.09. The number of aliphatic hydroxyl groups excluding tert-OH is 1. The van der Waals surface area contributed by atoms with Crippen LogP contribution >= 0.6 is 34.8 Å². The van der Waals surface area contributed by atoms with Crippen molar-refractivity contribution in [2.45, 2.75) is 12.3 Å². The number of rotatable bonds is 4. The van der Waals surface area contributed by atoms with E-state index >= 15 is 0 Å².